The Morgan fingerprint density at radius 2 is 1.57 bits per heavy atom. The van der Waals surface area contributed by atoms with Gasteiger partial charge in [0.1, 0.15) is 0 Å². The van der Waals surface area contributed by atoms with Gasteiger partial charge in [-0.2, -0.15) is 0 Å². The van der Waals surface area contributed by atoms with E-state index in [9.17, 15) is 5.11 Å². The molecule has 3 N–H and O–H groups in total. The van der Waals surface area contributed by atoms with E-state index in [0.717, 1.165) is 11.1 Å². The van der Waals surface area contributed by atoms with Crippen LogP contribution >= 0.6 is 0 Å². The lowest BCUT2D eigenvalue weighted by Crippen LogP contribution is -2.29. The van der Waals surface area contributed by atoms with Crippen LogP contribution in [0.1, 0.15) is 38.8 Å². The van der Waals surface area contributed by atoms with Crippen LogP contribution in [0.25, 0.3) is 0 Å². The molecule has 0 saturated heterocycles. The SMILES string of the molecule is CC(C)(N)c1cccc(C(C)(C)O)c1. The lowest BCUT2D eigenvalue weighted by atomic mass is 9.90. The molecule has 0 amide bonds. The van der Waals surface area contributed by atoms with Crippen LogP contribution in [0.15, 0.2) is 24.3 Å². The highest BCUT2D eigenvalue weighted by molar-refractivity contribution is 5.31. The molecule has 0 saturated carbocycles. The summed E-state index contributed by atoms with van der Waals surface area (Å²) in [6.45, 7) is 7.46. The molecule has 0 unspecified atom stereocenters. The van der Waals surface area contributed by atoms with Gasteiger partial charge in [-0.1, -0.05) is 24.3 Å². The molecule has 0 aromatic heterocycles. The fourth-order valence-electron chi connectivity index (χ4n) is 1.30. The van der Waals surface area contributed by atoms with Crippen molar-refractivity contribution >= 4 is 0 Å². The highest BCUT2D eigenvalue weighted by Gasteiger charge is 2.19. The molecule has 1 aromatic rings. The standard InChI is InChI=1S/C12H19NO/c1-11(2,13)9-6-5-7-10(8-9)12(3,4)14/h5-8,14H,13H2,1-4H3. The second-order valence-corrected chi connectivity index (χ2v) is 4.86. The molecule has 0 atom stereocenters. The molecule has 0 aliphatic heterocycles. The van der Waals surface area contributed by atoms with Gasteiger partial charge in [0.05, 0.1) is 5.60 Å². The van der Waals surface area contributed by atoms with E-state index >= 15 is 0 Å². The highest BCUT2D eigenvalue weighted by Crippen LogP contribution is 2.24. The third-order valence-corrected chi connectivity index (χ3v) is 2.31. The fraction of sp³-hybridized carbons (Fsp3) is 0.500. The average Bonchev–Trinajstić information content (AvgIpc) is 2.01. The summed E-state index contributed by atoms with van der Waals surface area (Å²) in [6, 6.07) is 7.78. The van der Waals surface area contributed by atoms with Crippen molar-refractivity contribution in [2.45, 2.75) is 38.8 Å². The van der Waals surface area contributed by atoms with Gasteiger partial charge in [0.15, 0.2) is 0 Å². The minimum Gasteiger partial charge on any atom is -0.386 e. The third-order valence-electron chi connectivity index (χ3n) is 2.31. The van der Waals surface area contributed by atoms with Gasteiger partial charge in [0.2, 0.25) is 0 Å². The highest BCUT2D eigenvalue weighted by atomic mass is 16.3. The van der Waals surface area contributed by atoms with Crippen molar-refractivity contribution in [1.29, 1.82) is 0 Å². The van der Waals surface area contributed by atoms with Gasteiger partial charge in [-0.3, -0.25) is 0 Å². The molecule has 0 heterocycles. The molecule has 78 valence electrons. The van der Waals surface area contributed by atoms with Crippen LogP contribution in [-0.4, -0.2) is 5.11 Å². The Bertz CT molecular complexity index is 289. The van der Waals surface area contributed by atoms with Crippen molar-refractivity contribution in [2.75, 3.05) is 0 Å². The molecule has 1 aromatic carbocycles. The first kappa shape index (κ1) is 11.2. The Balaban J connectivity index is 3.15. The Morgan fingerprint density at radius 1 is 1.07 bits per heavy atom. The summed E-state index contributed by atoms with van der Waals surface area (Å²) in [6.07, 6.45) is 0. The number of hydrogen-bond donors (Lipinski definition) is 2. The molecule has 0 aliphatic rings. The maximum absolute atomic E-state index is 9.84. The van der Waals surface area contributed by atoms with Crippen molar-refractivity contribution in [3.05, 3.63) is 35.4 Å². The zero-order chi connectivity index (χ0) is 11.0. The number of rotatable bonds is 2. The smallest absolute Gasteiger partial charge is 0.0840 e. The Morgan fingerprint density at radius 3 is 2.00 bits per heavy atom. The van der Waals surface area contributed by atoms with Crippen LogP contribution in [0.2, 0.25) is 0 Å². The predicted octanol–water partition coefficient (Wildman–Crippen LogP) is 2.11. The lowest BCUT2D eigenvalue weighted by molar-refractivity contribution is 0.0784. The fourth-order valence-corrected chi connectivity index (χ4v) is 1.30. The van der Waals surface area contributed by atoms with E-state index in [-0.39, 0.29) is 5.54 Å². The van der Waals surface area contributed by atoms with Crippen LogP contribution in [0.4, 0.5) is 0 Å². The van der Waals surface area contributed by atoms with E-state index in [4.69, 9.17) is 5.73 Å². The number of nitrogens with two attached hydrogens (primary N) is 1. The second kappa shape index (κ2) is 3.37. The van der Waals surface area contributed by atoms with Gasteiger partial charge in [0.25, 0.3) is 0 Å². The van der Waals surface area contributed by atoms with Gasteiger partial charge in [-0.25, -0.2) is 0 Å². The maximum Gasteiger partial charge on any atom is 0.0840 e. The van der Waals surface area contributed by atoms with Gasteiger partial charge in [0, 0.05) is 5.54 Å². The summed E-state index contributed by atoms with van der Waals surface area (Å²) >= 11 is 0. The zero-order valence-corrected chi connectivity index (χ0v) is 9.33. The summed E-state index contributed by atoms with van der Waals surface area (Å²) < 4.78 is 0. The van der Waals surface area contributed by atoms with Crippen LogP contribution in [0, 0.1) is 0 Å². The molecule has 0 fully saturated rings. The van der Waals surface area contributed by atoms with E-state index in [1.165, 1.54) is 0 Å². The summed E-state index contributed by atoms with van der Waals surface area (Å²) in [4.78, 5) is 0. The average molecular weight is 193 g/mol. The van der Waals surface area contributed by atoms with Gasteiger partial charge in [-0.05, 0) is 38.8 Å². The van der Waals surface area contributed by atoms with Crippen molar-refractivity contribution in [1.82, 2.24) is 0 Å². The summed E-state index contributed by atoms with van der Waals surface area (Å²) in [5.74, 6) is 0. The summed E-state index contributed by atoms with van der Waals surface area (Å²) in [7, 11) is 0. The molecule has 0 radical (unpaired) electrons. The van der Waals surface area contributed by atoms with Crippen LogP contribution in [-0.2, 0) is 11.1 Å². The zero-order valence-electron chi connectivity index (χ0n) is 9.33. The first-order chi connectivity index (χ1) is 6.21. The van der Waals surface area contributed by atoms with Crippen molar-refractivity contribution < 1.29 is 5.11 Å². The van der Waals surface area contributed by atoms with E-state index in [0.29, 0.717) is 0 Å². The third kappa shape index (κ3) is 2.56. The van der Waals surface area contributed by atoms with Crippen molar-refractivity contribution in [3.63, 3.8) is 0 Å². The van der Waals surface area contributed by atoms with E-state index in [2.05, 4.69) is 0 Å². The first-order valence-electron chi connectivity index (χ1n) is 4.83. The first-order valence-corrected chi connectivity index (χ1v) is 4.83. The van der Waals surface area contributed by atoms with E-state index in [1.807, 2.05) is 38.1 Å². The maximum atomic E-state index is 9.84. The molecule has 2 nitrogen and oxygen atoms in total. The molecular formula is C12H19NO. The molecule has 0 aliphatic carbocycles. The van der Waals surface area contributed by atoms with Gasteiger partial charge in [-0.15, -0.1) is 0 Å². The van der Waals surface area contributed by atoms with E-state index < -0.39 is 5.60 Å². The molecular weight excluding hydrogens is 174 g/mol. The normalized spacial score (nSPS) is 13.0. The van der Waals surface area contributed by atoms with Gasteiger partial charge >= 0.3 is 0 Å². The largest absolute Gasteiger partial charge is 0.386 e. The lowest BCUT2D eigenvalue weighted by Gasteiger charge is -2.23. The van der Waals surface area contributed by atoms with Crippen molar-refractivity contribution in [2.24, 2.45) is 5.73 Å². The molecule has 0 bridgehead atoms. The second-order valence-electron chi connectivity index (χ2n) is 4.86. The van der Waals surface area contributed by atoms with Crippen LogP contribution in [0.5, 0.6) is 0 Å². The summed E-state index contributed by atoms with van der Waals surface area (Å²) in [5, 5.41) is 9.84. The monoisotopic (exact) mass is 193 g/mol. The Labute approximate surface area is 85.8 Å². The van der Waals surface area contributed by atoms with Crippen LogP contribution < -0.4 is 5.73 Å². The Kier molecular flexibility index (Phi) is 2.70. The van der Waals surface area contributed by atoms with Crippen molar-refractivity contribution in [3.8, 4) is 0 Å². The number of hydrogen-bond acceptors (Lipinski definition) is 2. The molecule has 14 heavy (non-hydrogen) atoms. The summed E-state index contributed by atoms with van der Waals surface area (Å²) in [5.41, 5.74) is 6.76. The van der Waals surface area contributed by atoms with Gasteiger partial charge < -0.3 is 10.8 Å². The molecule has 0 spiro atoms. The molecule has 1 rings (SSSR count). The number of benzene rings is 1. The topological polar surface area (TPSA) is 46.2 Å². The van der Waals surface area contributed by atoms with Crippen LogP contribution in [0.3, 0.4) is 0 Å². The Hall–Kier alpha value is -0.860. The minimum atomic E-state index is -0.804. The number of aliphatic hydroxyl groups is 1. The predicted molar refractivity (Wildman–Crippen MR) is 58.9 cm³/mol. The molecule has 2 heteroatoms. The quantitative estimate of drug-likeness (QED) is 0.755. The minimum absolute atomic E-state index is 0.360. The van der Waals surface area contributed by atoms with E-state index in [1.54, 1.807) is 13.8 Å².